The molecule has 29 heavy (non-hydrogen) atoms. The summed E-state index contributed by atoms with van der Waals surface area (Å²) < 4.78 is 13.2. The summed E-state index contributed by atoms with van der Waals surface area (Å²) in [5.41, 5.74) is 1.59. The molecule has 0 saturated carbocycles. The summed E-state index contributed by atoms with van der Waals surface area (Å²) in [4.78, 5) is 27.6. The minimum Gasteiger partial charge on any atom is -0.352 e. The molecule has 156 valence electrons. The highest BCUT2D eigenvalue weighted by Crippen LogP contribution is 2.17. The highest BCUT2D eigenvalue weighted by molar-refractivity contribution is 6.30. The third-order valence-corrected chi connectivity index (χ3v) is 5.17. The average Bonchev–Trinajstić information content (AvgIpc) is 2.70. The second kappa shape index (κ2) is 11.0. The molecule has 4 nitrogen and oxygen atoms in total. The molecular formula is C23H28ClFN2O2. The summed E-state index contributed by atoms with van der Waals surface area (Å²) in [5.74, 6) is -0.695. The summed E-state index contributed by atoms with van der Waals surface area (Å²) in [6.07, 6.45) is 1.40. The first kappa shape index (κ1) is 22.9. The van der Waals surface area contributed by atoms with Crippen LogP contribution in [0.1, 0.15) is 44.7 Å². The van der Waals surface area contributed by atoms with Crippen LogP contribution >= 0.6 is 11.6 Å². The standard InChI is InChI=1S/C23H28ClFN2O2/c1-4-16(3)26-23(29)21(5-2)27(15-18-6-10-19(24)11-7-18)22(28)14-17-8-12-20(25)13-9-17/h6-13,16,21H,4-5,14-15H2,1-3H3,(H,26,29)/t16-,21-/m0/s1. The van der Waals surface area contributed by atoms with E-state index in [0.717, 1.165) is 12.0 Å². The molecule has 6 heteroatoms. The lowest BCUT2D eigenvalue weighted by Crippen LogP contribution is -2.51. The molecule has 1 N–H and O–H groups in total. The number of hydrogen-bond donors (Lipinski definition) is 1. The van der Waals surface area contributed by atoms with Crippen molar-refractivity contribution in [2.45, 2.75) is 58.7 Å². The van der Waals surface area contributed by atoms with Crippen LogP contribution in [0.2, 0.25) is 5.02 Å². The van der Waals surface area contributed by atoms with Crippen LogP contribution in [0.3, 0.4) is 0 Å². The fourth-order valence-corrected chi connectivity index (χ4v) is 3.15. The van der Waals surface area contributed by atoms with E-state index in [2.05, 4.69) is 5.32 Å². The topological polar surface area (TPSA) is 49.4 Å². The average molecular weight is 419 g/mol. The molecule has 2 rings (SSSR count). The first-order valence-electron chi connectivity index (χ1n) is 9.92. The predicted octanol–water partition coefficient (Wildman–Crippen LogP) is 4.74. The lowest BCUT2D eigenvalue weighted by molar-refractivity contribution is -0.141. The summed E-state index contributed by atoms with van der Waals surface area (Å²) >= 11 is 5.97. The molecule has 0 bridgehead atoms. The molecule has 2 aromatic rings. The minimum absolute atomic E-state index is 0.0288. The Morgan fingerprint density at radius 2 is 1.59 bits per heavy atom. The molecule has 0 spiro atoms. The molecule has 0 saturated heterocycles. The van der Waals surface area contributed by atoms with Gasteiger partial charge in [0.25, 0.3) is 0 Å². The Kier molecular flexibility index (Phi) is 8.65. The first-order chi connectivity index (χ1) is 13.8. The zero-order valence-electron chi connectivity index (χ0n) is 17.1. The maximum absolute atomic E-state index is 13.2. The third kappa shape index (κ3) is 6.86. The quantitative estimate of drug-likeness (QED) is 0.639. The minimum atomic E-state index is -0.590. The molecule has 0 radical (unpaired) electrons. The molecule has 2 amide bonds. The Bertz CT molecular complexity index is 809. The molecule has 0 aliphatic carbocycles. The third-order valence-electron chi connectivity index (χ3n) is 4.92. The van der Waals surface area contributed by atoms with Gasteiger partial charge in [-0.2, -0.15) is 0 Å². The molecule has 0 aromatic heterocycles. The van der Waals surface area contributed by atoms with Crippen LogP contribution in [0, 0.1) is 5.82 Å². The molecule has 2 aromatic carbocycles. The van der Waals surface area contributed by atoms with Gasteiger partial charge in [-0.25, -0.2) is 4.39 Å². The number of halogens is 2. The Hall–Kier alpha value is -2.40. The second-order valence-electron chi connectivity index (χ2n) is 7.19. The van der Waals surface area contributed by atoms with Crippen molar-refractivity contribution >= 4 is 23.4 Å². The van der Waals surface area contributed by atoms with Gasteiger partial charge in [0.1, 0.15) is 11.9 Å². The summed E-state index contributed by atoms with van der Waals surface area (Å²) in [6.45, 7) is 6.12. The normalized spacial score (nSPS) is 12.9. The van der Waals surface area contributed by atoms with Crippen LogP contribution in [-0.2, 0) is 22.6 Å². The molecule has 0 fully saturated rings. The number of benzene rings is 2. The SMILES string of the molecule is CC[C@H](C)NC(=O)[C@H](CC)N(Cc1ccc(Cl)cc1)C(=O)Cc1ccc(F)cc1. The monoisotopic (exact) mass is 418 g/mol. The van der Waals surface area contributed by atoms with Gasteiger partial charge in [-0.3, -0.25) is 9.59 Å². The zero-order chi connectivity index (χ0) is 21.4. The van der Waals surface area contributed by atoms with Gasteiger partial charge in [-0.1, -0.05) is 49.7 Å². The van der Waals surface area contributed by atoms with Crippen molar-refractivity contribution in [2.75, 3.05) is 0 Å². The van der Waals surface area contributed by atoms with Gasteiger partial charge >= 0.3 is 0 Å². The van der Waals surface area contributed by atoms with Crippen molar-refractivity contribution in [2.24, 2.45) is 0 Å². The van der Waals surface area contributed by atoms with E-state index in [0.29, 0.717) is 23.6 Å². The highest BCUT2D eigenvalue weighted by atomic mass is 35.5. The van der Waals surface area contributed by atoms with E-state index in [9.17, 15) is 14.0 Å². The van der Waals surface area contributed by atoms with E-state index < -0.39 is 6.04 Å². The van der Waals surface area contributed by atoms with Crippen LogP contribution in [0.4, 0.5) is 4.39 Å². The van der Waals surface area contributed by atoms with Gasteiger partial charge in [0.05, 0.1) is 6.42 Å². The van der Waals surface area contributed by atoms with E-state index in [1.165, 1.54) is 12.1 Å². The van der Waals surface area contributed by atoms with E-state index in [1.807, 2.05) is 32.9 Å². The fourth-order valence-electron chi connectivity index (χ4n) is 3.03. The van der Waals surface area contributed by atoms with E-state index >= 15 is 0 Å². The molecule has 2 atom stereocenters. The van der Waals surface area contributed by atoms with Gasteiger partial charge in [0.15, 0.2) is 0 Å². The Morgan fingerprint density at radius 3 is 2.14 bits per heavy atom. The lowest BCUT2D eigenvalue weighted by Gasteiger charge is -2.31. The number of carbonyl (C=O) groups excluding carboxylic acids is 2. The van der Waals surface area contributed by atoms with Crippen molar-refractivity contribution in [3.63, 3.8) is 0 Å². The largest absolute Gasteiger partial charge is 0.352 e. The van der Waals surface area contributed by atoms with Crippen molar-refractivity contribution in [3.8, 4) is 0 Å². The van der Waals surface area contributed by atoms with Gasteiger partial charge in [0.2, 0.25) is 11.8 Å². The van der Waals surface area contributed by atoms with Gasteiger partial charge in [0, 0.05) is 17.6 Å². The summed E-state index contributed by atoms with van der Waals surface area (Å²) in [7, 11) is 0. The van der Waals surface area contributed by atoms with E-state index in [-0.39, 0.29) is 30.1 Å². The van der Waals surface area contributed by atoms with Gasteiger partial charge in [-0.15, -0.1) is 0 Å². The molecule has 0 aliphatic rings. The predicted molar refractivity (Wildman–Crippen MR) is 114 cm³/mol. The van der Waals surface area contributed by atoms with Gasteiger partial charge < -0.3 is 10.2 Å². The fraction of sp³-hybridized carbons (Fsp3) is 0.391. The highest BCUT2D eigenvalue weighted by Gasteiger charge is 2.29. The summed E-state index contributed by atoms with van der Waals surface area (Å²) in [6, 6.07) is 12.5. The van der Waals surface area contributed by atoms with Crippen LogP contribution in [0.15, 0.2) is 48.5 Å². The number of amides is 2. The van der Waals surface area contributed by atoms with Crippen LogP contribution in [0.25, 0.3) is 0 Å². The van der Waals surface area contributed by atoms with E-state index in [1.54, 1.807) is 29.2 Å². The van der Waals surface area contributed by atoms with Crippen LogP contribution < -0.4 is 5.32 Å². The number of nitrogens with one attached hydrogen (secondary N) is 1. The first-order valence-corrected chi connectivity index (χ1v) is 10.3. The number of carbonyl (C=O) groups is 2. The molecule has 0 heterocycles. The molecular weight excluding hydrogens is 391 g/mol. The molecule has 0 aliphatic heterocycles. The van der Waals surface area contributed by atoms with Crippen molar-refractivity contribution < 1.29 is 14.0 Å². The second-order valence-corrected chi connectivity index (χ2v) is 7.63. The Labute approximate surface area is 177 Å². The Morgan fingerprint density at radius 1 is 1.00 bits per heavy atom. The van der Waals surface area contributed by atoms with Crippen LogP contribution in [0.5, 0.6) is 0 Å². The summed E-state index contributed by atoms with van der Waals surface area (Å²) in [5, 5.41) is 3.59. The van der Waals surface area contributed by atoms with Crippen molar-refractivity contribution in [1.29, 1.82) is 0 Å². The Balaban J connectivity index is 2.26. The number of rotatable bonds is 9. The lowest BCUT2D eigenvalue weighted by atomic mass is 10.1. The zero-order valence-corrected chi connectivity index (χ0v) is 17.9. The van der Waals surface area contributed by atoms with Crippen molar-refractivity contribution in [1.82, 2.24) is 10.2 Å². The molecule has 0 unspecified atom stereocenters. The maximum Gasteiger partial charge on any atom is 0.243 e. The van der Waals surface area contributed by atoms with Gasteiger partial charge in [-0.05, 0) is 55.2 Å². The van der Waals surface area contributed by atoms with Crippen LogP contribution in [-0.4, -0.2) is 28.8 Å². The van der Waals surface area contributed by atoms with Crippen molar-refractivity contribution in [3.05, 3.63) is 70.5 Å². The van der Waals surface area contributed by atoms with E-state index in [4.69, 9.17) is 11.6 Å². The smallest absolute Gasteiger partial charge is 0.243 e. The number of nitrogens with zero attached hydrogens (tertiary/aromatic N) is 1. The number of hydrogen-bond acceptors (Lipinski definition) is 2. The maximum atomic E-state index is 13.2.